The quantitative estimate of drug-likeness (QED) is 0.788. The van der Waals surface area contributed by atoms with Crippen LogP contribution in [0.2, 0.25) is 0 Å². The van der Waals surface area contributed by atoms with Gasteiger partial charge in [0.2, 0.25) is 0 Å². The first-order valence-corrected chi connectivity index (χ1v) is 6.56. The van der Waals surface area contributed by atoms with E-state index in [1.54, 1.807) is 24.0 Å². The summed E-state index contributed by atoms with van der Waals surface area (Å²) >= 11 is 1.72. The van der Waals surface area contributed by atoms with Gasteiger partial charge in [0.25, 0.3) is 0 Å². The summed E-state index contributed by atoms with van der Waals surface area (Å²) in [6.45, 7) is 2.30. The SMILES string of the molecule is CC1CCCC(Sc2nnccc2C#N)C1. The zero-order chi connectivity index (χ0) is 11.4. The Morgan fingerprint density at radius 3 is 3.12 bits per heavy atom. The van der Waals surface area contributed by atoms with Crippen LogP contribution in [0, 0.1) is 17.2 Å². The Balaban J connectivity index is 2.06. The summed E-state index contributed by atoms with van der Waals surface area (Å²) in [6, 6.07) is 3.91. The van der Waals surface area contributed by atoms with E-state index in [1.165, 1.54) is 25.7 Å². The number of hydrogen-bond donors (Lipinski definition) is 0. The predicted molar refractivity (Wildman–Crippen MR) is 64.0 cm³/mol. The average Bonchev–Trinajstić information content (AvgIpc) is 2.30. The minimum atomic E-state index is 0.604. The number of thioether (sulfide) groups is 1. The molecule has 1 aromatic rings. The highest BCUT2D eigenvalue weighted by molar-refractivity contribution is 7.99. The van der Waals surface area contributed by atoms with Crippen molar-refractivity contribution in [2.45, 2.75) is 42.9 Å². The molecule has 84 valence electrons. The molecule has 0 bridgehead atoms. The fraction of sp³-hybridized carbons (Fsp3) is 0.583. The minimum absolute atomic E-state index is 0.604. The van der Waals surface area contributed by atoms with E-state index in [0.29, 0.717) is 10.8 Å². The molecule has 3 nitrogen and oxygen atoms in total. The summed E-state index contributed by atoms with van der Waals surface area (Å²) in [5.74, 6) is 0.799. The Morgan fingerprint density at radius 1 is 1.50 bits per heavy atom. The van der Waals surface area contributed by atoms with Gasteiger partial charge in [-0.3, -0.25) is 0 Å². The van der Waals surface area contributed by atoms with Crippen molar-refractivity contribution in [3.63, 3.8) is 0 Å². The van der Waals surface area contributed by atoms with Crippen molar-refractivity contribution in [1.82, 2.24) is 10.2 Å². The first-order valence-electron chi connectivity index (χ1n) is 5.68. The second-order valence-corrected chi connectivity index (χ2v) is 5.66. The monoisotopic (exact) mass is 233 g/mol. The summed E-state index contributed by atoms with van der Waals surface area (Å²) in [5, 5.41) is 18.3. The molecule has 0 radical (unpaired) electrons. The lowest BCUT2D eigenvalue weighted by molar-refractivity contribution is 0.394. The van der Waals surface area contributed by atoms with E-state index in [0.717, 1.165) is 10.9 Å². The van der Waals surface area contributed by atoms with Crippen molar-refractivity contribution in [2.24, 2.45) is 5.92 Å². The molecule has 0 saturated heterocycles. The molecule has 16 heavy (non-hydrogen) atoms. The first-order chi connectivity index (χ1) is 7.79. The van der Waals surface area contributed by atoms with Gasteiger partial charge in [-0.25, -0.2) is 0 Å². The maximum atomic E-state index is 8.97. The molecule has 2 unspecified atom stereocenters. The van der Waals surface area contributed by atoms with Gasteiger partial charge >= 0.3 is 0 Å². The summed E-state index contributed by atoms with van der Waals surface area (Å²) in [7, 11) is 0. The summed E-state index contributed by atoms with van der Waals surface area (Å²) in [4.78, 5) is 0. The van der Waals surface area contributed by atoms with Gasteiger partial charge < -0.3 is 0 Å². The van der Waals surface area contributed by atoms with Crippen LogP contribution in [0.1, 0.15) is 38.2 Å². The van der Waals surface area contributed by atoms with Crippen LogP contribution in [0.4, 0.5) is 0 Å². The molecule has 1 fully saturated rings. The van der Waals surface area contributed by atoms with Gasteiger partial charge in [0, 0.05) is 5.25 Å². The van der Waals surface area contributed by atoms with Crippen LogP contribution in [0.3, 0.4) is 0 Å². The van der Waals surface area contributed by atoms with E-state index >= 15 is 0 Å². The lowest BCUT2D eigenvalue weighted by Gasteiger charge is -2.25. The number of nitrogens with zero attached hydrogens (tertiary/aromatic N) is 3. The predicted octanol–water partition coefficient (Wildman–Crippen LogP) is 3.02. The highest BCUT2D eigenvalue weighted by Crippen LogP contribution is 2.35. The summed E-state index contributed by atoms with van der Waals surface area (Å²) in [6.07, 6.45) is 6.66. The second kappa shape index (κ2) is 5.31. The maximum absolute atomic E-state index is 8.97. The molecule has 0 N–H and O–H groups in total. The Bertz CT molecular complexity index is 399. The van der Waals surface area contributed by atoms with Gasteiger partial charge in [0.1, 0.15) is 11.1 Å². The third-order valence-corrected chi connectivity index (χ3v) is 4.26. The van der Waals surface area contributed by atoms with Crippen molar-refractivity contribution >= 4 is 11.8 Å². The molecule has 2 atom stereocenters. The molecule has 1 aliphatic rings. The summed E-state index contributed by atoms with van der Waals surface area (Å²) in [5.41, 5.74) is 0.651. The van der Waals surface area contributed by atoms with Gasteiger partial charge in [-0.2, -0.15) is 10.4 Å². The van der Waals surface area contributed by atoms with E-state index in [1.807, 2.05) is 0 Å². The van der Waals surface area contributed by atoms with Crippen LogP contribution < -0.4 is 0 Å². The zero-order valence-corrected chi connectivity index (χ0v) is 10.2. The molecule has 1 heterocycles. The van der Waals surface area contributed by atoms with E-state index in [-0.39, 0.29) is 0 Å². The van der Waals surface area contributed by atoms with Crippen molar-refractivity contribution in [1.29, 1.82) is 5.26 Å². The van der Waals surface area contributed by atoms with Crippen LogP contribution in [0.5, 0.6) is 0 Å². The number of rotatable bonds is 2. The topological polar surface area (TPSA) is 49.6 Å². The van der Waals surface area contributed by atoms with Gasteiger partial charge in [-0.1, -0.05) is 31.5 Å². The molecule has 1 aliphatic carbocycles. The number of nitriles is 1. The van der Waals surface area contributed by atoms with E-state index in [4.69, 9.17) is 5.26 Å². The number of hydrogen-bond acceptors (Lipinski definition) is 4. The first kappa shape index (κ1) is 11.4. The van der Waals surface area contributed by atoms with Crippen LogP contribution in [0.15, 0.2) is 17.3 Å². The fourth-order valence-corrected chi connectivity index (χ4v) is 3.49. The van der Waals surface area contributed by atoms with Gasteiger partial charge in [-0.05, 0) is 24.8 Å². The molecule has 0 spiro atoms. The Hall–Kier alpha value is -1.08. The molecule has 1 saturated carbocycles. The van der Waals surface area contributed by atoms with Crippen LogP contribution >= 0.6 is 11.8 Å². The smallest absolute Gasteiger partial charge is 0.137 e. The Kier molecular flexibility index (Phi) is 3.79. The molecule has 4 heteroatoms. The van der Waals surface area contributed by atoms with Crippen molar-refractivity contribution < 1.29 is 0 Å². The molecule has 0 aromatic carbocycles. The molecule has 1 aromatic heterocycles. The highest BCUT2D eigenvalue weighted by Gasteiger charge is 2.21. The Labute approximate surface area is 100 Å². The third-order valence-electron chi connectivity index (χ3n) is 2.97. The van der Waals surface area contributed by atoms with Crippen molar-refractivity contribution in [3.05, 3.63) is 17.8 Å². The maximum Gasteiger partial charge on any atom is 0.137 e. The van der Waals surface area contributed by atoms with Crippen molar-refractivity contribution in [3.8, 4) is 6.07 Å². The molecule has 0 aliphatic heterocycles. The largest absolute Gasteiger partial charge is 0.192 e. The molecular weight excluding hydrogens is 218 g/mol. The normalized spacial score (nSPS) is 25.0. The minimum Gasteiger partial charge on any atom is -0.192 e. The van der Waals surface area contributed by atoms with Crippen LogP contribution in [-0.4, -0.2) is 15.4 Å². The number of aromatic nitrogens is 2. The van der Waals surface area contributed by atoms with Crippen LogP contribution in [-0.2, 0) is 0 Å². The molecular formula is C12H15N3S. The molecule has 2 rings (SSSR count). The standard InChI is InChI=1S/C12H15N3S/c1-9-3-2-4-11(7-9)16-12-10(8-13)5-6-14-15-12/h5-6,9,11H,2-4,7H2,1H3. The van der Waals surface area contributed by atoms with Gasteiger partial charge in [0.05, 0.1) is 11.8 Å². The summed E-state index contributed by atoms with van der Waals surface area (Å²) < 4.78 is 0. The van der Waals surface area contributed by atoms with Crippen LogP contribution in [0.25, 0.3) is 0 Å². The fourth-order valence-electron chi connectivity index (χ4n) is 2.13. The van der Waals surface area contributed by atoms with E-state index < -0.39 is 0 Å². The lowest BCUT2D eigenvalue weighted by Crippen LogP contribution is -2.15. The average molecular weight is 233 g/mol. The zero-order valence-electron chi connectivity index (χ0n) is 9.39. The van der Waals surface area contributed by atoms with Gasteiger partial charge in [0.15, 0.2) is 0 Å². The lowest BCUT2D eigenvalue weighted by atomic mass is 9.91. The third kappa shape index (κ3) is 2.73. The van der Waals surface area contributed by atoms with E-state index in [9.17, 15) is 0 Å². The van der Waals surface area contributed by atoms with Gasteiger partial charge in [-0.15, -0.1) is 5.10 Å². The second-order valence-electron chi connectivity index (χ2n) is 4.37. The van der Waals surface area contributed by atoms with Crippen molar-refractivity contribution in [2.75, 3.05) is 0 Å². The Morgan fingerprint density at radius 2 is 2.38 bits per heavy atom. The highest BCUT2D eigenvalue weighted by atomic mass is 32.2. The molecule has 0 amide bonds. The van der Waals surface area contributed by atoms with E-state index in [2.05, 4.69) is 23.2 Å².